The Hall–Kier alpha value is -2.83. The van der Waals surface area contributed by atoms with Gasteiger partial charge in [0.2, 0.25) is 5.95 Å². The predicted octanol–water partition coefficient (Wildman–Crippen LogP) is 6.31. The van der Waals surface area contributed by atoms with E-state index in [9.17, 15) is 4.79 Å². The van der Waals surface area contributed by atoms with E-state index in [2.05, 4.69) is 19.2 Å². The molecule has 0 bridgehead atoms. The number of aromatic nitrogens is 3. The third-order valence-electron chi connectivity index (χ3n) is 6.02. The molecule has 8 heteroatoms. The van der Waals surface area contributed by atoms with Gasteiger partial charge in [-0.3, -0.25) is 4.79 Å². The van der Waals surface area contributed by atoms with E-state index in [1.165, 1.54) is 0 Å². The second kappa shape index (κ2) is 8.19. The first-order chi connectivity index (χ1) is 15.8. The SMILES string of the molecule is CCOc1ccccc1C1C2=C(CC(C)(C)CC2=O)Nc2nc(-c3ccc(Cl)cc3Cl)nn21. The summed E-state index contributed by atoms with van der Waals surface area (Å²) in [6, 6.07) is 12.6. The summed E-state index contributed by atoms with van der Waals surface area (Å²) < 4.78 is 7.70. The van der Waals surface area contributed by atoms with E-state index < -0.39 is 6.04 Å². The standard InChI is InChI=1S/C25H24Cl2N4O2/c1-4-33-20-8-6-5-7-16(20)22-21-18(12-25(2,3)13-19(21)32)28-24-29-23(30-31(22)24)15-10-9-14(26)11-17(15)27/h5-11,22H,4,12-13H2,1-3H3,(H,28,29,30). The first kappa shape index (κ1) is 22.0. The molecule has 6 nitrogen and oxygen atoms in total. The first-order valence-corrected chi connectivity index (χ1v) is 11.7. The summed E-state index contributed by atoms with van der Waals surface area (Å²) in [6.45, 7) is 6.68. The number of fused-ring (bicyclic) bond motifs is 1. The summed E-state index contributed by atoms with van der Waals surface area (Å²) >= 11 is 12.5. The molecule has 1 N–H and O–H groups in total. The molecule has 1 unspecified atom stereocenters. The van der Waals surface area contributed by atoms with E-state index in [1.807, 2.05) is 31.2 Å². The minimum atomic E-state index is -0.449. The van der Waals surface area contributed by atoms with Gasteiger partial charge in [-0.1, -0.05) is 55.2 Å². The molecule has 2 heterocycles. The number of nitrogens with one attached hydrogen (secondary N) is 1. The van der Waals surface area contributed by atoms with Gasteiger partial charge in [0, 0.05) is 33.8 Å². The van der Waals surface area contributed by atoms with Crippen molar-refractivity contribution in [1.82, 2.24) is 14.8 Å². The van der Waals surface area contributed by atoms with Crippen molar-refractivity contribution in [3.63, 3.8) is 0 Å². The van der Waals surface area contributed by atoms with Crippen LogP contribution in [0.3, 0.4) is 0 Å². The fourth-order valence-electron chi connectivity index (χ4n) is 4.67. The molecule has 170 valence electrons. The summed E-state index contributed by atoms with van der Waals surface area (Å²) in [5.74, 6) is 1.86. The number of ether oxygens (including phenoxy) is 1. The molecule has 0 saturated carbocycles. The normalized spacial score (nSPS) is 19.1. The van der Waals surface area contributed by atoms with Crippen molar-refractivity contribution in [2.45, 2.75) is 39.7 Å². The largest absolute Gasteiger partial charge is 0.494 e. The van der Waals surface area contributed by atoms with Crippen molar-refractivity contribution in [3.8, 4) is 17.1 Å². The Morgan fingerprint density at radius 3 is 2.73 bits per heavy atom. The third kappa shape index (κ3) is 3.91. The maximum atomic E-state index is 13.4. The number of ketones is 1. The Labute approximate surface area is 202 Å². The highest BCUT2D eigenvalue weighted by Gasteiger charge is 2.42. The molecule has 0 radical (unpaired) electrons. The van der Waals surface area contributed by atoms with Gasteiger partial charge < -0.3 is 10.1 Å². The van der Waals surface area contributed by atoms with Crippen LogP contribution >= 0.6 is 23.2 Å². The maximum absolute atomic E-state index is 13.4. The molecule has 2 aromatic carbocycles. The van der Waals surface area contributed by atoms with Crippen LogP contribution in [0, 0.1) is 5.41 Å². The van der Waals surface area contributed by atoms with E-state index in [0.717, 1.165) is 23.4 Å². The van der Waals surface area contributed by atoms with Gasteiger partial charge in [0.1, 0.15) is 11.8 Å². The van der Waals surface area contributed by atoms with E-state index in [-0.39, 0.29) is 11.2 Å². The van der Waals surface area contributed by atoms with Crippen LogP contribution in [0.1, 0.15) is 45.2 Å². The van der Waals surface area contributed by atoms with Crippen LogP contribution in [0.4, 0.5) is 5.95 Å². The van der Waals surface area contributed by atoms with Crippen molar-refractivity contribution in [2.75, 3.05) is 11.9 Å². The van der Waals surface area contributed by atoms with Crippen LogP contribution in [-0.4, -0.2) is 27.2 Å². The minimum absolute atomic E-state index is 0.109. The number of rotatable bonds is 4. The van der Waals surface area contributed by atoms with Gasteiger partial charge in [0.05, 0.1) is 11.6 Å². The first-order valence-electron chi connectivity index (χ1n) is 10.9. The Kier molecular flexibility index (Phi) is 5.46. The molecule has 0 saturated heterocycles. The molecule has 1 aliphatic carbocycles. The number of halogens is 2. The second-order valence-electron chi connectivity index (χ2n) is 9.16. The van der Waals surface area contributed by atoms with Crippen LogP contribution in [-0.2, 0) is 4.79 Å². The molecule has 2 aliphatic rings. The minimum Gasteiger partial charge on any atom is -0.494 e. The molecule has 0 spiro atoms. The van der Waals surface area contributed by atoms with E-state index in [1.54, 1.807) is 22.9 Å². The summed E-state index contributed by atoms with van der Waals surface area (Å²) in [6.07, 6.45) is 1.21. The Morgan fingerprint density at radius 2 is 1.97 bits per heavy atom. The maximum Gasteiger partial charge on any atom is 0.226 e. The monoisotopic (exact) mass is 482 g/mol. The van der Waals surface area contributed by atoms with Crippen molar-refractivity contribution in [1.29, 1.82) is 0 Å². The molecule has 0 amide bonds. The fourth-order valence-corrected chi connectivity index (χ4v) is 5.17. The number of anilines is 1. The number of Topliss-reactive ketones (excluding diaryl/α,β-unsaturated/α-hetero) is 1. The lowest BCUT2D eigenvalue weighted by Crippen LogP contribution is -2.36. The average molecular weight is 483 g/mol. The smallest absolute Gasteiger partial charge is 0.226 e. The summed E-state index contributed by atoms with van der Waals surface area (Å²) in [7, 11) is 0. The summed E-state index contributed by atoms with van der Waals surface area (Å²) in [5, 5.41) is 9.21. The quantitative estimate of drug-likeness (QED) is 0.471. The number of carbonyl (C=O) groups is 1. The van der Waals surface area contributed by atoms with Crippen LogP contribution in [0.25, 0.3) is 11.4 Å². The highest BCUT2D eigenvalue weighted by molar-refractivity contribution is 6.36. The van der Waals surface area contributed by atoms with Gasteiger partial charge in [-0.05, 0) is 43.0 Å². The number of nitrogens with zero attached hydrogens (tertiary/aromatic N) is 3. The number of hydrogen-bond donors (Lipinski definition) is 1. The zero-order chi connectivity index (χ0) is 23.3. The predicted molar refractivity (Wildman–Crippen MR) is 130 cm³/mol. The lowest BCUT2D eigenvalue weighted by molar-refractivity contribution is -0.118. The third-order valence-corrected chi connectivity index (χ3v) is 6.57. The fraction of sp³-hybridized carbons (Fsp3) is 0.320. The molecule has 5 rings (SSSR count). The van der Waals surface area contributed by atoms with Gasteiger partial charge in [-0.2, -0.15) is 4.98 Å². The molecule has 0 fully saturated rings. The Balaban J connectivity index is 1.71. The molecule has 33 heavy (non-hydrogen) atoms. The number of benzene rings is 2. The zero-order valence-electron chi connectivity index (χ0n) is 18.7. The van der Waals surface area contributed by atoms with Crippen LogP contribution in [0.2, 0.25) is 10.0 Å². The number of hydrogen-bond acceptors (Lipinski definition) is 5. The van der Waals surface area contributed by atoms with Crippen molar-refractivity contribution >= 4 is 34.9 Å². The van der Waals surface area contributed by atoms with Gasteiger partial charge in [-0.25, -0.2) is 4.68 Å². The van der Waals surface area contributed by atoms with E-state index in [4.69, 9.17) is 38.0 Å². The number of allylic oxidation sites excluding steroid dienone is 2. The van der Waals surface area contributed by atoms with Crippen LogP contribution in [0.15, 0.2) is 53.7 Å². The molecule has 3 aromatic rings. The van der Waals surface area contributed by atoms with E-state index in [0.29, 0.717) is 46.0 Å². The summed E-state index contributed by atoms with van der Waals surface area (Å²) in [5.41, 5.74) is 3.01. The second-order valence-corrected chi connectivity index (χ2v) is 10.0. The molecule has 1 aromatic heterocycles. The lowest BCUT2D eigenvalue weighted by atomic mass is 9.73. The van der Waals surface area contributed by atoms with Crippen molar-refractivity contribution in [2.24, 2.45) is 5.41 Å². The Bertz CT molecular complexity index is 1300. The van der Waals surface area contributed by atoms with Crippen molar-refractivity contribution < 1.29 is 9.53 Å². The highest BCUT2D eigenvalue weighted by Crippen LogP contribution is 2.47. The zero-order valence-corrected chi connectivity index (χ0v) is 20.2. The highest BCUT2D eigenvalue weighted by atomic mass is 35.5. The number of para-hydroxylation sites is 1. The van der Waals surface area contributed by atoms with Crippen molar-refractivity contribution in [3.05, 3.63) is 69.3 Å². The van der Waals surface area contributed by atoms with Gasteiger partial charge in [0.15, 0.2) is 11.6 Å². The molecule has 1 aliphatic heterocycles. The Morgan fingerprint density at radius 1 is 1.18 bits per heavy atom. The van der Waals surface area contributed by atoms with Crippen LogP contribution in [0.5, 0.6) is 5.75 Å². The van der Waals surface area contributed by atoms with Gasteiger partial charge >= 0.3 is 0 Å². The lowest BCUT2D eigenvalue weighted by Gasteiger charge is -2.38. The topological polar surface area (TPSA) is 69.0 Å². The van der Waals surface area contributed by atoms with Crippen LogP contribution < -0.4 is 10.1 Å². The summed E-state index contributed by atoms with van der Waals surface area (Å²) in [4.78, 5) is 18.2. The van der Waals surface area contributed by atoms with Gasteiger partial charge in [0.25, 0.3) is 0 Å². The number of carbonyl (C=O) groups excluding carboxylic acids is 1. The molecule has 1 atom stereocenters. The molecular formula is C25H24Cl2N4O2. The van der Waals surface area contributed by atoms with E-state index >= 15 is 0 Å². The molecular weight excluding hydrogens is 459 g/mol. The average Bonchev–Trinajstić information content (AvgIpc) is 3.15. The van der Waals surface area contributed by atoms with Gasteiger partial charge in [-0.15, -0.1) is 5.10 Å².